The number of benzene rings is 1. The molecular weight excluding hydrogens is 329 g/mol. The van der Waals surface area contributed by atoms with Crippen molar-refractivity contribution < 1.29 is 8.42 Å². The fourth-order valence-electron chi connectivity index (χ4n) is 2.21. The second kappa shape index (κ2) is 5.78. The Hall–Kier alpha value is -0.000000000000000111. The van der Waals surface area contributed by atoms with Gasteiger partial charge in [0.2, 0.25) is 10.0 Å². The van der Waals surface area contributed by atoms with E-state index in [-0.39, 0.29) is 20.0 Å². The van der Waals surface area contributed by atoms with E-state index in [2.05, 4.69) is 0 Å². The van der Waals surface area contributed by atoms with E-state index in [0.29, 0.717) is 19.0 Å². The Morgan fingerprint density at radius 3 is 2.42 bits per heavy atom. The summed E-state index contributed by atoms with van der Waals surface area (Å²) in [5.74, 6) is 0.352. The zero-order chi connectivity index (χ0) is 14.2. The summed E-state index contributed by atoms with van der Waals surface area (Å²) in [4.78, 5) is 0.0256. The van der Waals surface area contributed by atoms with Crippen LogP contribution in [0.2, 0.25) is 15.1 Å². The van der Waals surface area contributed by atoms with Gasteiger partial charge >= 0.3 is 0 Å². The van der Waals surface area contributed by atoms with Crippen LogP contribution in [0.4, 0.5) is 0 Å². The normalized spacial score (nSPS) is 21.6. The SMILES string of the molecule is C[C@H]1CCCN(S(=O)(=O)c2cc(Cl)c(Cl)cc2Cl)C1. The van der Waals surface area contributed by atoms with Crippen LogP contribution in [0.15, 0.2) is 17.0 Å². The molecule has 106 valence electrons. The van der Waals surface area contributed by atoms with Crippen molar-refractivity contribution in [2.45, 2.75) is 24.7 Å². The van der Waals surface area contributed by atoms with Crippen LogP contribution in [0.25, 0.3) is 0 Å². The maximum atomic E-state index is 12.6. The molecule has 1 fully saturated rings. The lowest BCUT2D eigenvalue weighted by Crippen LogP contribution is -2.39. The van der Waals surface area contributed by atoms with Gasteiger partial charge in [-0.3, -0.25) is 0 Å². The number of hydrogen-bond acceptors (Lipinski definition) is 2. The highest BCUT2D eigenvalue weighted by molar-refractivity contribution is 7.89. The van der Waals surface area contributed by atoms with Crippen molar-refractivity contribution in [3.63, 3.8) is 0 Å². The third-order valence-corrected chi connectivity index (χ3v) is 6.26. The first kappa shape index (κ1) is 15.4. The van der Waals surface area contributed by atoms with Gasteiger partial charge in [0.05, 0.1) is 15.1 Å². The standard InChI is InChI=1S/C12H14Cl3NO2S/c1-8-3-2-4-16(7-8)19(17,18)12-6-10(14)9(13)5-11(12)15/h5-6,8H,2-4,7H2,1H3/t8-/m0/s1. The zero-order valence-electron chi connectivity index (χ0n) is 10.4. The van der Waals surface area contributed by atoms with Crippen LogP contribution in [0.5, 0.6) is 0 Å². The van der Waals surface area contributed by atoms with Gasteiger partial charge in [-0.2, -0.15) is 4.31 Å². The van der Waals surface area contributed by atoms with Gasteiger partial charge in [0.25, 0.3) is 0 Å². The lowest BCUT2D eigenvalue weighted by Gasteiger charge is -2.30. The molecule has 1 aliphatic heterocycles. The molecule has 0 amide bonds. The molecular formula is C12H14Cl3NO2S. The van der Waals surface area contributed by atoms with Crippen molar-refractivity contribution in [2.75, 3.05) is 13.1 Å². The highest BCUT2D eigenvalue weighted by atomic mass is 35.5. The van der Waals surface area contributed by atoms with Crippen LogP contribution in [0, 0.1) is 5.92 Å². The molecule has 1 aromatic rings. The molecule has 0 aromatic heterocycles. The predicted molar refractivity (Wildman–Crippen MR) is 78.6 cm³/mol. The molecule has 0 saturated carbocycles. The summed E-state index contributed by atoms with van der Waals surface area (Å²) >= 11 is 17.7. The fourth-order valence-corrected chi connectivity index (χ4v) is 4.78. The van der Waals surface area contributed by atoms with E-state index in [4.69, 9.17) is 34.8 Å². The molecule has 1 atom stereocenters. The van der Waals surface area contributed by atoms with Gasteiger partial charge in [0.15, 0.2) is 0 Å². The summed E-state index contributed by atoms with van der Waals surface area (Å²) in [6, 6.07) is 2.69. The van der Waals surface area contributed by atoms with Crippen molar-refractivity contribution >= 4 is 44.8 Å². The highest BCUT2D eigenvalue weighted by Crippen LogP contribution is 2.34. The Morgan fingerprint density at radius 2 is 1.79 bits per heavy atom. The number of sulfonamides is 1. The Labute approximate surface area is 128 Å². The number of halogens is 3. The summed E-state index contributed by atoms with van der Waals surface area (Å²) in [7, 11) is -3.61. The molecule has 0 aliphatic carbocycles. The molecule has 1 aromatic carbocycles. The molecule has 0 bridgehead atoms. The molecule has 1 saturated heterocycles. The summed E-state index contributed by atoms with van der Waals surface area (Å²) in [6.45, 7) is 3.07. The van der Waals surface area contributed by atoms with Gasteiger partial charge in [0, 0.05) is 13.1 Å². The molecule has 7 heteroatoms. The first-order valence-electron chi connectivity index (χ1n) is 5.97. The maximum absolute atomic E-state index is 12.6. The van der Waals surface area contributed by atoms with E-state index < -0.39 is 10.0 Å². The minimum atomic E-state index is -3.61. The highest BCUT2D eigenvalue weighted by Gasteiger charge is 2.30. The maximum Gasteiger partial charge on any atom is 0.244 e. The average molecular weight is 343 g/mol. The van der Waals surface area contributed by atoms with Crippen LogP contribution in [0.1, 0.15) is 19.8 Å². The Kier molecular flexibility index (Phi) is 4.68. The minimum Gasteiger partial charge on any atom is -0.207 e. The Balaban J connectivity index is 2.42. The molecule has 0 N–H and O–H groups in total. The molecule has 1 aliphatic rings. The number of nitrogens with zero attached hydrogens (tertiary/aromatic N) is 1. The third-order valence-electron chi connectivity index (χ3n) is 3.21. The largest absolute Gasteiger partial charge is 0.244 e. The lowest BCUT2D eigenvalue weighted by atomic mass is 10.0. The van der Waals surface area contributed by atoms with E-state index in [1.54, 1.807) is 0 Å². The van der Waals surface area contributed by atoms with Gasteiger partial charge in [-0.1, -0.05) is 41.7 Å². The number of rotatable bonds is 2. The molecule has 19 heavy (non-hydrogen) atoms. The van der Waals surface area contributed by atoms with Crippen molar-refractivity contribution in [1.82, 2.24) is 4.31 Å². The monoisotopic (exact) mass is 341 g/mol. The quantitative estimate of drug-likeness (QED) is 0.760. The summed E-state index contributed by atoms with van der Waals surface area (Å²) < 4.78 is 26.6. The van der Waals surface area contributed by atoms with E-state index in [1.807, 2.05) is 6.92 Å². The second-order valence-electron chi connectivity index (χ2n) is 4.81. The van der Waals surface area contributed by atoms with Crippen LogP contribution >= 0.6 is 34.8 Å². The van der Waals surface area contributed by atoms with Crippen molar-refractivity contribution in [3.8, 4) is 0 Å². The first-order valence-corrected chi connectivity index (χ1v) is 8.54. The molecule has 0 spiro atoms. The molecule has 3 nitrogen and oxygen atoms in total. The molecule has 0 radical (unpaired) electrons. The minimum absolute atomic E-state index is 0.0256. The van der Waals surface area contributed by atoms with Gasteiger partial charge in [-0.25, -0.2) is 8.42 Å². The smallest absolute Gasteiger partial charge is 0.207 e. The lowest BCUT2D eigenvalue weighted by molar-refractivity contribution is 0.281. The van der Waals surface area contributed by atoms with Gasteiger partial charge in [0.1, 0.15) is 4.90 Å². The van der Waals surface area contributed by atoms with Crippen molar-refractivity contribution in [3.05, 3.63) is 27.2 Å². The van der Waals surface area contributed by atoms with E-state index in [9.17, 15) is 8.42 Å². The van der Waals surface area contributed by atoms with E-state index in [0.717, 1.165) is 12.8 Å². The molecule has 0 unspecified atom stereocenters. The summed E-state index contributed by atoms with van der Waals surface area (Å²) in [5.41, 5.74) is 0. The average Bonchev–Trinajstić information content (AvgIpc) is 2.33. The third kappa shape index (κ3) is 3.19. The van der Waals surface area contributed by atoms with Gasteiger partial charge < -0.3 is 0 Å². The predicted octanol–water partition coefficient (Wildman–Crippen LogP) is 4.07. The summed E-state index contributed by atoms with van der Waals surface area (Å²) in [5, 5.41) is 0.542. The fraction of sp³-hybridized carbons (Fsp3) is 0.500. The van der Waals surface area contributed by atoms with Crippen molar-refractivity contribution in [1.29, 1.82) is 0 Å². The van der Waals surface area contributed by atoms with Gasteiger partial charge in [-0.05, 0) is 30.9 Å². The number of hydrogen-bond donors (Lipinski definition) is 0. The second-order valence-corrected chi connectivity index (χ2v) is 7.94. The van der Waals surface area contributed by atoms with E-state index in [1.165, 1.54) is 16.4 Å². The first-order chi connectivity index (χ1) is 8.82. The molecule has 1 heterocycles. The van der Waals surface area contributed by atoms with Crippen LogP contribution in [-0.2, 0) is 10.0 Å². The van der Waals surface area contributed by atoms with Crippen molar-refractivity contribution in [2.24, 2.45) is 5.92 Å². The van der Waals surface area contributed by atoms with Crippen LogP contribution in [0.3, 0.4) is 0 Å². The van der Waals surface area contributed by atoms with E-state index >= 15 is 0 Å². The number of piperidine rings is 1. The Morgan fingerprint density at radius 1 is 1.16 bits per heavy atom. The topological polar surface area (TPSA) is 37.4 Å². The zero-order valence-corrected chi connectivity index (χ0v) is 13.5. The van der Waals surface area contributed by atoms with Gasteiger partial charge in [-0.15, -0.1) is 0 Å². The summed E-state index contributed by atoms with van der Waals surface area (Å²) in [6.07, 6.45) is 1.90. The van der Waals surface area contributed by atoms with Crippen LogP contribution in [-0.4, -0.2) is 25.8 Å². The van der Waals surface area contributed by atoms with Crippen LogP contribution < -0.4 is 0 Å². The molecule has 2 rings (SSSR count). The Bertz CT molecular complexity index is 589.